The van der Waals surface area contributed by atoms with Crippen molar-refractivity contribution in [3.8, 4) is 11.5 Å². The molecule has 3 rings (SSSR count). The van der Waals surface area contributed by atoms with Gasteiger partial charge in [0.1, 0.15) is 23.7 Å². The van der Waals surface area contributed by atoms with E-state index in [4.69, 9.17) is 9.47 Å². The number of ether oxygens (including phenoxy) is 2. The van der Waals surface area contributed by atoms with Crippen LogP contribution in [0.3, 0.4) is 0 Å². The second-order valence-electron chi connectivity index (χ2n) is 4.69. The van der Waals surface area contributed by atoms with Gasteiger partial charge in [-0.2, -0.15) is 0 Å². The predicted molar refractivity (Wildman–Crippen MR) is 77.8 cm³/mol. The lowest BCUT2D eigenvalue weighted by molar-refractivity contribution is 0.0623. The fourth-order valence-electron chi connectivity index (χ4n) is 2.33. The Morgan fingerprint density at radius 2 is 1.65 bits per heavy atom. The SMILES string of the molecule is COc1ccc(O[C@@H]2C=Cc3ccccc3[C@H]2O)cc1. The van der Waals surface area contributed by atoms with Crippen LogP contribution in [0.2, 0.25) is 0 Å². The van der Waals surface area contributed by atoms with Crippen molar-refractivity contribution in [2.45, 2.75) is 12.2 Å². The summed E-state index contributed by atoms with van der Waals surface area (Å²) in [6.07, 6.45) is 2.84. The molecule has 2 aromatic rings. The highest BCUT2D eigenvalue weighted by Crippen LogP contribution is 2.30. The van der Waals surface area contributed by atoms with Gasteiger partial charge < -0.3 is 14.6 Å². The molecule has 1 aliphatic carbocycles. The maximum atomic E-state index is 10.4. The van der Waals surface area contributed by atoms with Crippen LogP contribution < -0.4 is 9.47 Å². The zero-order valence-electron chi connectivity index (χ0n) is 11.2. The van der Waals surface area contributed by atoms with Gasteiger partial charge in [0.15, 0.2) is 0 Å². The third kappa shape index (κ3) is 2.40. The van der Waals surface area contributed by atoms with Crippen LogP contribution in [0.15, 0.2) is 54.6 Å². The van der Waals surface area contributed by atoms with Gasteiger partial charge in [-0.15, -0.1) is 0 Å². The Hall–Kier alpha value is -2.26. The van der Waals surface area contributed by atoms with Crippen LogP contribution >= 0.6 is 0 Å². The van der Waals surface area contributed by atoms with Crippen LogP contribution in [-0.2, 0) is 0 Å². The van der Waals surface area contributed by atoms with Crippen molar-refractivity contribution in [1.82, 2.24) is 0 Å². The lowest BCUT2D eigenvalue weighted by Gasteiger charge is -2.26. The molecule has 0 saturated carbocycles. The van der Waals surface area contributed by atoms with Gasteiger partial charge in [-0.1, -0.05) is 30.3 Å². The number of rotatable bonds is 3. The summed E-state index contributed by atoms with van der Waals surface area (Å²) in [5.41, 5.74) is 1.93. The molecule has 3 heteroatoms. The Labute approximate surface area is 118 Å². The normalized spacial score (nSPS) is 20.3. The van der Waals surface area contributed by atoms with Crippen molar-refractivity contribution < 1.29 is 14.6 Å². The Bertz CT molecular complexity index is 616. The Balaban J connectivity index is 1.79. The number of hydrogen-bond donors (Lipinski definition) is 1. The van der Waals surface area contributed by atoms with E-state index in [1.54, 1.807) is 7.11 Å². The fourth-order valence-corrected chi connectivity index (χ4v) is 2.33. The van der Waals surface area contributed by atoms with Crippen molar-refractivity contribution in [2.24, 2.45) is 0 Å². The van der Waals surface area contributed by atoms with Crippen molar-refractivity contribution >= 4 is 6.08 Å². The Kier molecular flexibility index (Phi) is 3.44. The highest BCUT2D eigenvalue weighted by Gasteiger charge is 2.25. The molecule has 20 heavy (non-hydrogen) atoms. The van der Waals surface area contributed by atoms with Crippen molar-refractivity contribution in [3.63, 3.8) is 0 Å². The number of aliphatic hydroxyl groups excluding tert-OH is 1. The summed E-state index contributed by atoms with van der Waals surface area (Å²) < 4.78 is 10.9. The molecular weight excluding hydrogens is 252 g/mol. The molecule has 1 aliphatic rings. The van der Waals surface area contributed by atoms with E-state index in [0.29, 0.717) is 5.75 Å². The first-order valence-electron chi connectivity index (χ1n) is 6.54. The fraction of sp³-hybridized carbons (Fsp3) is 0.176. The summed E-state index contributed by atoms with van der Waals surface area (Å²) in [4.78, 5) is 0. The number of hydrogen-bond acceptors (Lipinski definition) is 3. The number of fused-ring (bicyclic) bond motifs is 1. The quantitative estimate of drug-likeness (QED) is 0.929. The molecule has 0 spiro atoms. The minimum absolute atomic E-state index is 0.377. The summed E-state index contributed by atoms with van der Waals surface area (Å²) in [7, 11) is 1.63. The highest BCUT2D eigenvalue weighted by molar-refractivity contribution is 5.58. The van der Waals surface area contributed by atoms with Crippen LogP contribution in [-0.4, -0.2) is 18.3 Å². The molecule has 0 bridgehead atoms. The van der Waals surface area contributed by atoms with Crippen LogP contribution in [0, 0.1) is 0 Å². The Morgan fingerprint density at radius 3 is 2.40 bits per heavy atom. The number of methoxy groups -OCH3 is 1. The maximum absolute atomic E-state index is 10.4. The van der Waals surface area contributed by atoms with Gasteiger partial charge in [-0.3, -0.25) is 0 Å². The molecule has 0 radical (unpaired) electrons. The van der Waals surface area contributed by atoms with Gasteiger partial charge in [-0.25, -0.2) is 0 Å². The van der Waals surface area contributed by atoms with E-state index in [1.165, 1.54) is 0 Å². The van der Waals surface area contributed by atoms with E-state index in [0.717, 1.165) is 16.9 Å². The summed E-state index contributed by atoms with van der Waals surface area (Å²) in [6.45, 7) is 0. The molecule has 0 aromatic heterocycles. The molecule has 0 amide bonds. The van der Waals surface area contributed by atoms with E-state index >= 15 is 0 Å². The van der Waals surface area contributed by atoms with Gasteiger partial charge in [0.25, 0.3) is 0 Å². The summed E-state index contributed by atoms with van der Waals surface area (Å²) in [6, 6.07) is 15.1. The molecule has 2 atom stereocenters. The average molecular weight is 268 g/mol. The van der Waals surface area contributed by atoms with E-state index < -0.39 is 6.10 Å². The third-order valence-electron chi connectivity index (χ3n) is 3.42. The van der Waals surface area contributed by atoms with Gasteiger partial charge in [0.2, 0.25) is 0 Å². The predicted octanol–water partition coefficient (Wildman–Crippen LogP) is 3.20. The molecule has 0 aliphatic heterocycles. The van der Waals surface area contributed by atoms with E-state index in [9.17, 15) is 5.11 Å². The smallest absolute Gasteiger partial charge is 0.147 e. The zero-order chi connectivity index (χ0) is 13.9. The lowest BCUT2D eigenvalue weighted by Crippen LogP contribution is -2.25. The van der Waals surface area contributed by atoms with Gasteiger partial charge >= 0.3 is 0 Å². The van der Waals surface area contributed by atoms with Crippen molar-refractivity contribution in [3.05, 3.63) is 65.7 Å². The minimum atomic E-state index is -0.654. The van der Waals surface area contributed by atoms with Crippen LogP contribution in [0.1, 0.15) is 17.2 Å². The topological polar surface area (TPSA) is 38.7 Å². The lowest BCUT2D eigenvalue weighted by atomic mass is 9.93. The second-order valence-corrected chi connectivity index (χ2v) is 4.69. The average Bonchev–Trinajstić information content (AvgIpc) is 2.51. The molecule has 1 N–H and O–H groups in total. The molecule has 0 fully saturated rings. The monoisotopic (exact) mass is 268 g/mol. The third-order valence-corrected chi connectivity index (χ3v) is 3.42. The molecule has 0 unspecified atom stereocenters. The zero-order valence-corrected chi connectivity index (χ0v) is 11.2. The van der Waals surface area contributed by atoms with E-state index in [1.807, 2.05) is 60.7 Å². The molecule has 0 saturated heterocycles. The van der Waals surface area contributed by atoms with E-state index in [2.05, 4.69) is 0 Å². The molecule has 102 valence electrons. The summed E-state index contributed by atoms with van der Waals surface area (Å²) >= 11 is 0. The maximum Gasteiger partial charge on any atom is 0.147 e. The van der Waals surface area contributed by atoms with Crippen LogP contribution in [0.25, 0.3) is 6.08 Å². The van der Waals surface area contributed by atoms with Gasteiger partial charge in [0.05, 0.1) is 7.11 Å². The molecule has 2 aromatic carbocycles. The summed E-state index contributed by atoms with van der Waals surface area (Å²) in [5, 5.41) is 10.4. The largest absolute Gasteiger partial charge is 0.497 e. The van der Waals surface area contributed by atoms with Crippen molar-refractivity contribution in [1.29, 1.82) is 0 Å². The molecule has 3 nitrogen and oxygen atoms in total. The summed E-state index contributed by atoms with van der Waals surface area (Å²) in [5.74, 6) is 1.49. The van der Waals surface area contributed by atoms with Gasteiger partial charge in [-0.05, 0) is 41.5 Å². The van der Waals surface area contributed by atoms with Gasteiger partial charge in [0, 0.05) is 0 Å². The Morgan fingerprint density at radius 1 is 0.950 bits per heavy atom. The van der Waals surface area contributed by atoms with Crippen LogP contribution in [0.5, 0.6) is 11.5 Å². The highest BCUT2D eigenvalue weighted by atomic mass is 16.5. The van der Waals surface area contributed by atoms with E-state index in [-0.39, 0.29) is 6.10 Å². The first-order valence-corrected chi connectivity index (χ1v) is 6.54. The second kappa shape index (κ2) is 5.39. The molecule has 0 heterocycles. The number of benzene rings is 2. The molecular formula is C17H16O3. The number of aliphatic hydroxyl groups is 1. The standard InChI is InChI=1S/C17H16O3/c1-19-13-7-9-14(10-8-13)20-16-11-6-12-4-2-3-5-15(12)17(16)18/h2-11,16-18H,1H3/t16-,17-/m1/s1. The van der Waals surface area contributed by atoms with Crippen LogP contribution in [0.4, 0.5) is 0 Å². The first-order chi connectivity index (χ1) is 9.78. The minimum Gasteiger partial charge on any atom is -0.497 e. The van der Waals surface area contributed by atoms with Crippen molar-refractivity contribution in [2.75, 3.05) is 7.11 Å². The first kappa shape index (κ1) is 12.8.